The lowest BCUT2D eigenvalue weighted by Crippen LogP contribution is -2.56. The minimum Gasteiger partial charge on any atom is -0.480 e. The number of amides is 1. The van der Waals surface area contributed by atoms with Crippen molar-refractivity contribution in [2.75, 3.05) is 0 Å². The van der Waals surface area contributed by atoms with E-state index >= 15 is 0 Å². The zero-order valence-corrected chi connectivity index (χ0v) is 12.2. The van der Waals surface area contributed by atoms with Gasteiger partial charge in [-0.25, -0.2) is 4.79 Å². The molecule has 0 unspecified atom stereocenters. The molecule has 4 nitrogen and oxygen atoms in total. The first-order chi connectivity index (χ1) is 8.93. The Morgan fingerprint density at radius 2 is 2.05 bits per heavy atom. The Kier molecular flexibility index (Phi) is 4.16. The standard InChI is InChI=1S/C13H16ClNO3S/c1-8-4-6-13(7-5-8,12(17)18)15-11(16)9-2-3-10(14)19-9/h2-3,8H,4-7H2,1H3,(H,15,16)(H,17,18). The van der Waals surface area contributed by atoms with Crippen molar-refractivity contribution in [3.05, 3.63) is 21.3 Å². The van der Waals surface area contributed by atoms with Crippen molar-refractivity contribution in [1.82, 2.24) is 5.32 Å². The van der Waals surface area contributed by atoms with Crippen LogP contribution in [-0.4, -0.2) is 22.5 Å². The van der Waals surface area contributed by atoms with Gasteiger partial charge in [-0.2, -0.15) is 0 Å². The van der Waals surface area contributed by atoms with Gasteiger partial charge < -0.3 is 10.4 Å². The van der Waals surface area contributed by atoms with Crippen LogP contribution in [0.5, 0.6) is 0 Å². The number of thiophene rings is 1. The number of rotatable bonds is 3. The highest BCUT2D eigenvalue weighted by Gasteiger charge is 2.42. The van der Waals surface area contributed by atoms with Crippen LogP contribution in [0.15, 0.2) is 12.1 Å². The molecule has 0 atom stereocenters. The minimum atomic E-state index is -1.12. The molecule has 1 aromatic heterocycles. The summed E-state index contributed by atoms with van der Waals surface area (Å²) in [6.45, 7) is 2.10. The lowest BCUT2D eigenvalue weighted by atomic mass is 9.77. The van der Waals surface area contributed by atoms with Gasteiger partial charge in [0.15, 0.2) is 0 Å². The molecule has 0 spiro atoms. The molecule has 2 rings (SSSR count). The van der Waals surface area contributed by atoms with E-state index in [1.54, 1.807) is 12.1 Å². The minimum absolute atomic E-state index is 0.353. The number of hydrogen-bond donors (Lipinski definition) is 2. The quantitative estimate of drug-likeness (QED) is 0.901. The summed E-state index contributed by atoms with van der Waals surface area (Å²) in [5, 5.41) is 12.1. The molecule has 2 N–H and O–H groups in total. The van der Waals surface area contributed by atoms with Crippen molar-refractivity contribution in [2.24, 2.45) is 5.92 Å². The number of aliphatic carboxylic acids is 1. The first-order valence-electron chi connectivity index (χ1n) is 6.24. The number of carbonyl (C=O) groups excluding carboxylic acids is 1. The molecule has 0 saturated heterocycles. The van der Waals surface area contributed by atoms with E-state index in [1.165, 1.54) is 0 Å². The van der Waals surface area contributed by atoms with Crippen LogP contribution in [0.2, 0.25) is 4.34 Å². The zero-order chi connectivity index (χ0) is 14.0. The smallest absolute Gasteiger partial charge is 0.329 e. The van der Waals surface area contributed by atoms with E-state index in [2.05, 4.69) is 12.2 Å². The topological polar surface area (TPSA) is 66.4 Å². The van der Waals surface area contributed by atoms with Gasteiger partial charge in [0, 0.05) is 0 Å². The molecule has 1 heterocycles. The fourth-order valence-corrected chi connectivity index (χ4v) is 3.30. The van der Waals surface area contributed by atoms with E-state index in [0.717, 1.165) is 24.2 Å². The van der Waals surface area contributed by atoms with Gasteiger partial charge in [-0.15, -0.1) is 11.3 Å². The molecule has 1 saturated carbocycles. The van der Waals surface area contributed by atoms with Crippen molar-refractivity contribution >= 4 is 34.8 Å². The second-order valence-electron chi connectivity index (χ2n) is 5.13. The van der Waals surface area contributed by atoms with Gasteiger partial charge in [-0.3, -0.25) is 4.79 Å². The molecule has 1 amide bonds. The van der Waals surface area contributed by atoms with E-state index in [9.17, 15) is 14.7 Å². The predicted molar refractivity (Wildman–Crippen MR) is 74.8 cm³/mol. The summed E-state index contributed by atoms with van der Waals surface area (Å²) in [6, 6.07) is 3.25. The van der Waals surface area contributed by atoms with Crippen LogP contribution in [0.25, 0.3) is 0 Å². The van der Waals surface area contributed by atoms with Gasteiger partial charge in [0.1, 0.15) is 5.54 Å². The summed E-state index contributed by atoms with van der Waals surface area (Å²) < 4.78 is 0.520. The molecule has 104 valence electrons. The van der Waals surface area contributed by atoms with Crippen LogP contribution >= 0.6 is 22.9 Å². The highest BCUT2D eigenvalue weighted by Crippen LogP contribution is 2.33. The fourth-order valence-electron chi connectivity index (χ4n) is 2.36. The molecule has 1 aliphatic rings. The van der Waals surface area contributed by atoms with Gasteiger partial charge >= 0.3 is 5.97 Å². The molecule has 1 aliphatic carbocycles. The number of halogens is 1. The average Bonchev–Trinajstić information content (AvgIpc) is 2.79. The third kappa shape index (κ3) is 3.09. The molecule has 0 bridgehead atoms. The normalized spacial score (nSPS) is 26.9. The van der Waals surface area contributed by atoms with Crippen molar-refractivity contribution < 1.29 is 14.7 Å². The molecule has 1 aromatic rings. The van der Waals surface area contributed by atoms with Crippen LogP contribution in [0.1, 0.15) is 42.3 Å². The summed E-state index contributed by atoms with van der Waals surface area (Å²) in [4.78, 5) is 24.1. The van der Waals surface area contributed by atoms with Crippen molar-refractivity contribution in [3.63, 3.8) is 0 Å². The van der Waals surface area contributed by atoms with E-state index < -0.39 is 11.5 Å². The molecule has 0 aliphatic heterocycles. The van der Waals surface area contributed by atoms with Gasteiger partial charge in [-0.1, -0.05) is 18.5 Å². The SMILES string of the molecule is CC1CCC(NC(=O)c2ccc(Cl)s2)(C(=O)O)CC1. The van der Waals surface area contributed by atoms with Gasteiger partial charge in [0.05, 0.1) is 9.21 Å². The summed E-state index contributed by atoms with van der Waals surface area (Å²) in [7, 11) is 0. The zero-order valence-electron chi connectivity index (χ0n) is 10.6. The lowest BCUT2D eigenvalue weighted by Gasteiger charge is -2.36. The Labute approximate surface area is 120 Å². The van der Waals surface area contributed by atoms with Crippen LogP contribution < -0.4 is 5.32 Å². The van der Waals surface area contributed by atoms with Crippen LogP contribution in [-0.2, 0) is 4.79 Å². The Morgan fingerprint density at radius 1 is 1.42 bits per heavy atom. The molecular formula is C13H16ClNO3S. The van der Waals surface area contributed by atoms with Crippen LogP contribution in [0.4, 0.5) is 0 Å². The number of carboxylic acid groups (broad SMARTS) is 1. The second kappa shape index (κ2) is 5.51. The molecular weight excluding hydrogens is 286 g/mol. The Morgan fingerprint density at radius 3 is 2.53 bits per heavy atom. The van der Waals surface area contributed by atoms with Gasteiger partial charge in [0.25, 0.3) is 5.91 Å². The monoisotopic (exact) mass is 301 g/mol. The third-order valence-electron chi connectivity index (χ3n) is 3.69. The van der Waals surface area contributed by atoms with Crippen LogP contribution in [0.3, 0.4) is 0 Å². The first-order valence-corrected chi connectivity index (χ1v) is 7.44. The summed E-state index contributed by atoms with van der Waals surface area (Å²) in [5.74, 6) is -0.787. The van der Waals surface area contributed by atoms with E-state index in [4.69, 9.17) is 11.6 Å². The second-order valence-corrected chi connectivity index (χ2v) is 6.84. The number of nitrogens with one attached hydrogen (secondary N) is 1. The predicted octanol–water partition coefficient (Wildman–Crippen LogP) is 3.16. The van der Waals surface area contributed by atoms with E-state index in [-0.39, 0.29) is 5.91 Å². The summed E-state index contributed by atoms with van der Waals surface area (Å²) >= 11 is 6.94. The maximum Gasteiger partial charge on any atom is 0.329 e. The maximum atomic E-state index is 12.1. The molecule has 0 radical (unpaired) electrons. The first kappa shape index (κ1) is 14.3. The molecule has 6 heteroatoms. The molecule has 0 aromatic carbocycles. The maximum absolute atomic E-state index is 12.1. The largest absolute Gasteiger partial charge is 0.480 e. The summed E-state index contributed by atoms with van der Waals surface area (Å²) in [6.07, 6.45) is 2.60. The van der Waals surface area contributed by atoms with Crippen molar-refractivity contribution in [3.8, 4) is 0 Å². The lowest BCUT2D eigenvalue weighted by molar-refractivity contribution is -0.146. The highest BCUT2D eigenvalue weighted by molar-refractivity contribution is 7.18. The number of carboxylic acids is 1. The van der Waals surface area contributed by atoms with E-state index in [1.807, 2.05) is 0 Å². The average molecular weight is 302 g/mol. The fraction of sp³-hybridized carbons (Fsp3) is 0.538. The highest BCUT2D eigenvalue weighted by atomic mass is 35.5. The Balaban J connectivity index is 2.13. The molecule has 19 heavy (non-hydrogen) atoms. The summed E-state index contributed by atoms with van der Waals surface area (Å²) in [5.41, 5.74) is -1.12. The number of carbonyl (C=O) groups is 2. The third-order valence-corrected chi connectivity index (χ3v) is 4.92. The van der Waals surface area contributed by atoms with Gasteiger partial charge in [0.2, 0.25) is 0 Å². The molecule has 1 fully saturated rings. The van der Waals surface area contributed by atoms with Gasteiger partial charge in [-0.05, 0) is 43.7 Å². The Bertz CT molecular complexity index is 492. The van der Waals surface area contributed by atoms with Crippen molar-refractivity contribution in [2.45, 2.75) is 38.1 Å². The van der Waals surface area contributed by atoms with Crippen LogP contribution in [0, 0.1) is 5.92 Å². The number of hydrogen-bond acceptors (Lipinski definition) is 3. The van der Waals surface area contributed by atoms with Crippen molar-refractivity contribution in [1.29, 1.82) is 0 Å². The van der Waals surface area contributed by atoms with E-state index in [0.29, 0.717) is 28.0 Å². The Hall–Kier alpha value is -1.07.